The molecule has 1 N–H and O–H groups in total. The topological polar surface area (TPSA) is 42.7 Å². The zero-order chi connectivity index (χ0) is 15.5. The van der Waals surface area contributed by atoms with Gasteiger partial charge in [-0.3, -0.25) is 0 Å². The molecule has 1 aromatic heterocycles. The Balaban J connectivity index is 1.73. The third kappa shape index (κ3) is 3.15. The number of nitrogens with zero attached hydrogens (tertiary/aromatic N) is 3. The molecule has 0 unspecified atom stereocenters. The lowest BCUT2D eigenvalue weighted by Crippen LogP contribution is -2.23. The molecule has 3 rings (SSSR count). The molecule has 1 aromatic carbocycles. The minimum absolute atomic E-state index is 0.00461. The van der Waals surface area contributed by atoms with E-state index in [-0.39, 0.29) is 11.9 Å². The summed E-state index contributed by atoms with van der Waals surface area (Å²) in [7, 11) is 0. The molecule has 2 heterocycles. The first-order chi connectivity index (χ1) is 10.7. The van der Waals surface area contributed by atoms with Gasteiger partial charge in [0.2, 0.25) is 0 Å². The Bertz CT molecular complexity index is 635. The van der Waals surface area contributed by atoms with Gasteiger partial charge in [0.1, 0.15) is 17.5 Å². The average molecular weight is 323 g/mol. The molecular weight excluding hydrogens is 303 g/mol. The number of hydrogen-bond donors (Lipinski definition) is 1. The van der Waals surface area contributed by atoms with Crippen LogP contribution in [-0.4, -0.2) is 14.8 Å². The van der Waals surface area contributed by atoms with E-state index in [9.17, 15) is 4.39 Å². The van der Waals surface area contributed by atoms with Crippen molar-refractivity contribution in [3.8, 4) is 0 Å². The molecule has 22 heavy (non-hydrogen) atoms. The molecule has 0 saturated heterocycles. The fraction of sp³-hybridized carbons (Fsp3) is 0.500. The summed E-state index contributed by atoms with van der Waals surface area (Å²) in [4.78, 5) is 0. The molecular formula is C16H20ClFN4. The number of aryl methyl sites for hydroxylation is 1. The lowest BCUT2D eigenvalue weighted by Gasteiger charge is -2.16. The molecule has 1 aliphatic rings. The van der Waals surface area contributed by atoms with Gasteiger partial charge in [-0.1, -0.05) is 24.1 Å². The predicted octanol–water partition coefficient (Wildman–Crippen LogP) is 3.65. The van der Waals surface area contributed by atoms with Crippen LogP contribution < -0.4 is 5.32 Å². The minimum atomic E-state index is -0.285. The van der Waals surface area contributed by atoms with Crippen LogP contribution in [0.1, 0.15) is 49.4 Å². The van der Waals surface area contributed by atoms with Gasteiger partial charge in [-0.2, -0.15) is 0 Å². The monoisotopic (exact) mass is 322 g/mol. The molecule has 118 valence electrons. The van der Waals surface area contributed by atoms with Crippen molar-refractivity contribution in [1.82, 2.24) is 20.1 Å². The fourth-order valence-corrected chi connectivity index (χ4v) is 3.11. The van der Waals surface area contributed by atoms with Crippen LogP contribution >= 0.6 is 11.6 Å². The van der Waals surface area contributed by atoms with E-state index in [1.807, 2.05) is 6.92 Å². The van der Waals surface area contributed by atoms with Crippen LogP contribution in [-0.2, 0) is 19.5 Å². The van der Waals surface area contributed by atoms with Gasteiger partial charge < -0.3 is 9.88 Å². The number of benzene rings is 1. The van der Waals surface area contributed by atoms with E-state index in [4.69, 9.17) is 11.6 Å². The van der Waals surface area contributed by atoms with Gasteiger partial charge in [-0.15, -0.1) is 10.2 Å². The molecule has 0 amide bonds. The van der Waals surface area contributed by atoms with Crippen molar-refractivity contribution in [3.05, 3.63) is 46.3 Å². The Morgan fingerprint density at radius 1 is 1.32 bits per heavy atom. The molecule has 6 heteroatoms. The van der Waals surface area contributed by atoms with Crippen LogP contribution in [0.2, 0.25) is 5.02 Å². The highest BCUT2D eigenvalue weighted by molar-refractivity contribution is 6.31. The Hall–Kier alpha value is -1.46. The number of hydrogen-bond acceptors (Lipinski definition) is 3. The third-order valence-electron chi connectivity index (χ3n) is 4.17. The van der Waals surface area contributed by atoms with E-state index in [0.717, 1.165) is 31.0 Å². The van der Waals surface area contributed by atoms with Crippen LogP contribution in [0.15, 0.2) is 18.2 Å². The quantitative estimate of drug-likeness (QED) is 0.934. The van der Waals surface area contributed by atoms with Crippen LogP contribution in [0, 0.1) is 5.82 Å². The van der Waals surface area contributed by atoms with Crippen molar-refractivity contribution in [2.45, 2.75) is 51.7 Å². The van der Waals surface area contributed by atoms with Gasteiger partial charge in [0.25, 0.3) is 0 Å². The van der Waals surface area contributed by atoms with Crippen LogP contribution in [0.4, 0.5) is 4.39 Å². The zero-order valence-electron chi connectivity index (χ0n) is 12.6. The summed E-state index contributed by atoms with van der Waals surface area (Å²) in [5.41, 5.74) is 0.492. The van der Waals surface area contributed by atoms with E-state index in [2.05, 4.69) is 20.1 Å². The minimum Gasteiger partial charge on any atom is -0.314 e. The number of aromatic nitrogens is 3. The standard InChI is InChI=1S/C16H20ClFN4/c1-11(19-10-12-13(17)6-5-7-14(12)18)16-21-20-15-8-3-2-4-9-22(15)16/h5-7,11,19H,2-4,8-10H2,1H3/t11-/m1/s1. The Morgan fingerprint density at radius 2 is 2.18 bits per heavy atom. The molecule has 0 spiro atoms. The molecule has 0 fully saturated rings. The van der Waals surface area contributed by atoms with Gasteiger partial charge in [-0.05, 0) is 31.9 Å². The van der Waals surface area contributed by atoms with Crippen LogP contribution in [0.5, 0.6) is 0 Å². The van der Waals surface area contributed by atoms with E-state index in [1.165, 1.54) is 18.9 Å². The fourth-order valence-electron chi connectivity index (χ4n) is 2.88. The Labute approximate surface area is 134 Å². The van der Waals surface area contributed by atoms with Gasteiger partial charge >= 0.3 is 0 Å². The Morgan fingerprint density at radius 3 is 3.00 bits per heavy atom. The second-order valence-corrected chi connectivity index (χ2v) is 6.15. The molecule has 1 aliphatic heterocycles. The summed E-state index contributed by atoms with van der Waals surface area (Å²) in [5, 5.41) is 12.4. The highest BCUT2D eigenvalue weighted by atomic mass is 35.5. The lowest BCUT2D eigenvalue weighted by atomic mass is 10.2. The maximum absolute atomic E-state index is 13.8. The van der Waals surface area contributed by atoms with E-state index in [1.54, 1.807) is 12.1 Å². The van der Waals surface area contributed by atoms with E-state index < -0.39 is 0 Å². The molecule has 0 aliphatic carbocycles. The van der Waals surface area contributed by atoms with Crippen molar-refractivity contribution >= 4 is 11.6 Å². The van der Waals surface area contributed by atoms with E-state index >= 15 is 0 Å². The first-order valence-corrected chi connectivity index (χ1v) is 8.13. The SMILES string of the molecule is C[C@@H](NCc1c(F)cccc1Cl)c1nnc2n1CCCCC2. The molecule has 0 saturated carbocycles. The zero-order valence-corrected chi connectivity index (χ0v) is 13.4. The van der Waals surface area contributed by atoms with Crippen molar-refractivity contribution in [1.29, 1.82) is 0 Å². The first-order valence-electron chi connectivity index (χ1n) is 7.75. The van der Waals surface area contributed by atoms with Gasteiger partial charge in [0.15, 0.2) is 0 Å². The molecule has 2 aromatic rings. The highest BCUT2D eigenvalue weighted by Crippen LogP contribution is 2.22. The molecule has 0 radical (unpaired) electrons. The summed E-state index contributed by atoms with van der Waals surface area (Å²) < 4.78 is 16.0. The normalized spacial score (nSPS) is 16.1. The summed E-state index contributed by atoms with van der Waals surface area (Å²) in [5.74, 6) is 1.70. The van der Waals surface area contributed by atoms with Crippen LogP contribution in [0.3, 0.4) is 0 Å². The second kappa shape index (κ2) is 6.75. The first kappa shape index (κ1) is 15.4. The number of rotatable bonds is 4. The maximum Gasteiger partial charge on any atom is 0.149 e. The summed E-state index contributed by atoms with van der Waals surface area (Å²) in [6, 6.07) is 4.74. The predicted molar refractivity (Wildman–Crippen MR) is 84.2 cm³/mol. The maximum atomic E-state index is 13.8. The second-order valence-electron chi connectivity index (χ2n) is 5.74. The van der Waals surface area contributed by atoms with Crippen molar-refractivity contribution in [2.24, 2.45) is 0 Å². The van der Waals surface area contributed by atoms with Crippen LogP contribution in [0.25, 0.3) is 0 Å². The highest BCUT2D eigenvalue weighted by Gasteiger charge is 2.19. The third-order valence-corrected chi connectivity index (χ3v) is 4.53. The largest absolute Gasteiger partial charge is 0.314 e. The van der Waals surface area contributed by atoms with Gasteiger partial charge in [0.05, 0.1) is 6.04 Å². The average Bonchev–Trinajstić information content (AvgIpc) is 2.75. The summed E-state index contributed by atoms with van der Waals surface area (Å²) in [6.07, 6.45) is 4.54. The van der Waals surface area contributed by atoms with Gasteiger partial charge in [-0.25, -0.2) is 4.39 Å². The summed E-state index contributed by atoms with van der Waals surface area (Å²) >= 11 is 6.06. The molecule has 4 nitrogen and oxygen atoms in total. The molecule has 0 bridgehead atoms. The number of fused-ring (bicyclic) bond motifs is 1. The summed E-state index contributed by atoms with van der Waals surface area (Å²) in [6.45, 7) is 3.36. The van der Waals surface area contributed by atoms with Crippen molar-refractivity contribution in [2.75, 3.05) is 0 Å². The smallest absolute Gasteiger partial charge is 0.149 e. The van der Waals surface area contributed by atoms with E-state index in [0.29, 0.717) is 17.1 Å². The molecule has 1 atom stereocenters. The van der Waals surface area contributed by atoms with Crippen molar-refractivity contribution < 1.29 is 4.39 Å². The van der Waals surface area contributed by atoms with Crippen molar-refractivity contribution in [3.63, 3.8) is 0 Å². The number of halogens is 2. The number of nitrogens with one attached hydrogen (secondary N) is 1. The Kier molecular flexibility index (Phi) is 4.74. The van der Waals surface area contributed by atoms with Gasteiger partial charge in [0, 0.05) is 30.1 Å². The lowest BCUT2D eigenvalue weighted by molar-refractivity contribution is 0.492.